The van der Waals surface area contributed by atoms with Gasteiger partial charge < -0.3 is 14.9 Å². The van der Waals surface area contributed by atoms with E-state index in [0.717, 1.165) is 5.56 Å². The van der Waals surface area contributed by atoms with Crippen LogP contribution in [0.25, 0.3) is 17.1 Å². The minimum absolute atomic E-state index is 0.281. The van der Waals surface area contributed by atoms with E-state index in [1.54, 1.807) is 0 Å². The van der Waals surface area contributed by atoms with Crippen molar-refractivity contribution in [2.24, 2.45) is 0 Å². The highest BCUT2D eigenvalue weighted by Gasteiger charge is 2.23. The maximum atomic E-state index is 9.05. The van der Waals surface area contributed by atoms with E-state index in [-0.39, 0.29) is 5.88 Å². The molecule has 0 fully saturated rings. The van der Waals surface area contributed by atoms with E-state index in [1.165, 1.54) is 0 Å². The van der Waals surface area contributed by atoms with Gasteiger partial charge in [0.2, 0.25) is 5.88 Å². The van der Waals surface area contributed by atoms with Crippen LogP contribution < -0.4 is 5.73 Å². The monoisotopic (exact) mass is 252 g/mol. The van der Waals surface area contributed by atoms with E-state index in [1.807, 2.05) is 36.4 Å². The molecule has 2 heterocycles. The molecule has 1 aliphatic rings. The zero-order valence-electron chi connectivity index (χ0n) is 10.2. The van der Waals surface area contributed by atoms with Gasteiger partial charge in [0, 0.05) is 12.0 Å². The lowest BCUT2D eigenvalue weighted by atomic mass is 10.1. The van der Waals surface area contributed by atoms with Gasteiger partial charge in [-0.25, -0.2) is 0 Å². The first-order valence-electron chi connectivity index (χ1n) is 6.00. The molecule has 3 rings (SSSR count). The smallest absolute Gasteiger partial charge is 0.202 e. The summed E-state index contributed by atoms with van der Waals surface area (Å²) in [4.78, 5) is 0. The lowest BCUT2D eigenvalue weighted by Gasteiger charge is -2.00. The van der Waals surface area contributed by atoms with E-state index in [4.69, 9.17) is 20.1 Å². The van der Waals surface area contributed by atoms with Crippen LogP contribution in [0.4, 0.5) is 5.88 Å². The first-order chi connectivity index (χ1) is 9.29. The molecule has 0 saturated carbocycles. The Kier molecular flexibility index (Phi) is 2.73. The quantitative estimate of drug-likeness (QED) is 0.890. The van der Waals surface area contributed by atoms with Gasteiger partial charge in [0.25, 0.3) is 0 Å². The lowest BCUT2D eigenvalue weighted by molar-refractivity contribution is 0.307. The summed E-state index contributed by atoms with van der Waals surface area (Å²) in [6.45, 7) is 0.517. The van der Waals surface area contributed by atoms with Gasteiger partial charge in [0.15, 0.2) is 0 Å². The van der Waals surface area contributed by atoms with Crippen LogP contribution in [0.2, 0.25) is 0 Å². The molecule has 0 radical (unpaired) electrons. The number of furan rings is 1. The molecule has 0 bridgehead atoms. The topological polar surface area (TPSA) is 72.2 Å². The van der Waals surface area contributed by atoms with Gasteiger partial charge in [0.1, 0.15) is 11.5 Å². The molecule has 0 unspecified atom stereocenters. The summed E-state index contributed by atoms with van der Waals surface area (Å²) < 4.78 is 11.0. The van der Waals surface area contributed by atoms with Gasteiger partial charge in [-0.1, -0.05) is 30.3 Å². The highest BCUT2D eigenvalue weighted by Crippen LogP contribution is 2.36. The fourth-order valence-corrected chi connectivity index (χ4v) is 2.13. The third-order valence-corrected chi connectivity index (χ3v) is 3.07. The zero-order valence-corrected chi connectivity index (χ0v) is 10.2. The summed E-state index contributed by atoms with van der Waals surface area (Å²) in [5.41, 5.74) is 8.11. The van der Waals surface area contributed by atoms with Crippen molar-refractivity contribution in [3.8, 4) is 17.4 Å². The normalized spacial score (nSPS) is 14.3. The summed E-state index contributed by atoms with van der Waals surface area (Å²) in [5.74, 6) is 1.50. The second kappa shape index (κ2) is 4.54. The lowest BCUT2D eigenvalue weighted by Crippen LogP contribution is -1.90. The highest BCUT2D eigenvalue weighted by atomic mass is 16.5. The molecule has 1 aromatic heterocycles. The van der Waals surface area contributed by atoms with Crippen molar-refractivity contribution in [2.45, 2.75) is 6.42 Å². The standard InChI is InChI=1S/C15H12N2O2/c16-9-11-6-7-18-14(11)12-8-13(19-15(12)17)10-4-2-1-3-5-10/h1-5,8H,6-7,17H2. The number of ether oxygens (including phenoxy) is 1. The molecule has 2 N–H and O–H groups in total. The average molecular weight is 252 g/mol. The van der Waals surface area contributed by atoms with Crippen molar-refractivity contribution in [3.05, 3.63) is 47.5 Å². The first kappa shape index (κ1) is 11.4. The maximum Gasteiger partial charge on any atom is 0.202 e. The predicted octanol–water partition coefficient (Wildman–Crippen LogP) is 3.18. The van der Waals surface area contributed by atoms with Gasteiger partial charge in [-0.2, -0.15) is 5.26 Å². The minimum atomic E-state index is 0.281. The molecule has 1 aliphatic heterocycles. The second-order valence-corrected chi connectivity index (χ2v) is 4.27. The van der Waals surface area contributed by atoms with Crippen LogP contribution in [0.3, 0.4) is 0 Å². The van der Waals surface area contributed by atoms with Gasteiger partial charge >= 0.3 is 0 Å². The molecular weight excluding hydrogens is 240 g/mol. The van der Waals surface area contributed by atoms with Crippen molar-refractivity contribution in [3.63, 3.8) is 0 Å². The number of nitrogen functional groups attached to an aromatic ring is 1. The van der Waals surface area contributed by atoms with E-state index in [9.17, 15) is 0 Å². The SMILES string of the molecule is N#CC1=C(c2cc(-c3ccccc3)oc2N)OCC1. The molecule has 2 aromatic rings. The molecule has 19 heavy (non-hydrogen) atoms. The summed E-state index contributed by atoms with van der Waals surface area (Å²) in [6, 6.07) is 13.6. The number of nitrogens with two attached hydrogens (primary N) is 1. The molecular formula is C15H12N2O2. The molecule has 0 atom stereocenters. The van der Waals surface area contributed by atoms with Crippen LogP contribution in [-0.2, 0) is 4.74 Å². The van der Waals surface area contributed by atoms with E-state index in [0.29, 0.717) is 35.7 Å². The Balaban J connectivity index is 2.06. The Bertz CT molecular complexity index is 678. The Morgan fingerprint density at radius 2 is 2.00 bits per heavy atom. The summed E-state index contributed by atoms with van der Waals surface area (Å²) >= 11 is 0. The zero-order chi connectivity index (χ0) is 13.2. The number of rotatable bonds is 2. The summed E-state index contributed by atoms with van der Waals surface area (Å²) in [5, 5.41) is 9.05. The van der Waals surface area contributed by atoms with Crippen LogP contribution in [0.15, 0.2) is 46.4 Å². The maximum absolute atomic E-state index is 9.05. The Hall–Kier alpha value is -2.67. The molecule has 4 heteroatoms. The Morgan fingerprint density at radius 3 is 2.74 bits per heavy atom. The van der Waals surface area contributed by atoms with Crippen LogP contribution in [0.5, 0.6) is 0 Å². The van der Waals surface area contributed by atoms with Crippen LogP contribution in [0.1, 0.15) is 12.0 Å². The number of nitrogens with zero attached hydrogens (tertiary/aromatic N) is 1. The molecule has 0 saturated heterocycles. The van der Waals surface area contributed by atoms with E-state index < -0.39 is 0 Å². The van der Waals surface area contributed by atoms with Gasteiger partial charge in [-0.05, 0) is 6.07 Å². The van der Waals surface area contributed by atoms with Crippen LogP contribution >= 0.6 is 0 Å². The Labute approximate surface area is 110 Å². The second-order valence-electron chi connectivity index (χ2n) is 4.27. The highest BCUT2D eigenvalue weighted by molar-refractivity contribution is 5.77. The van der Waals surface area contributed by atoms with Gasteiger partial charge in [-0.3, -0.25) is 0 Å². The average Bonchev–Trinajstić information content (AvgIpc) is 3.05. The molecule has 0 amide bonds. The molecule has 4 nitrogen and oxygen atoms in total. The van der Waals surface area contributed by atoms with Crippen molar-refractivity contribution in [2.75, 3.05) is 12.3 Å². The van der Waals surface area contributed by atoms with Crippen LogP contribution in [0, 0.1) is 11.3 Å². The van der Waals surface area contributed by atoms with Gasteiger partial charge in [0.05, 0.1) is 23.8 Å². The third kappa shape index (κ3) is 1.95. The van der Waals surface area contributed by atoms with Crippen molar-refractivity contribution in [1.82, 2.24) is 0 Å². The molecule has 0 spiro atoms. The van der Waals surface area contributed by atoms with Crippen molar-refractivity contribution in [1.29, 1.82) is 5.26 Å². The van der Waals surface area contributed by atoms with E-state index >= 15 is 0 Å². The number of anilines is 1. The summed E-state index contributed by atoms with van der Waals surface area (Å²) in [6.07, 6.45) is 0.622. The minimum Gasteiger partial charge on any atom is -0.491 e. The first-order valence-corrected chi connectivity index (χ1v) is 6.00. The largest absolute Gasteiger partial charge is 0.491 e. The van der Waals surface area contributed by atoms with Crippen molar-refractivity contribution < 1.29 is 9.15 Å². The number of nitriles is 1. The molecule has 0 aliphatic carbocycles. The van der Waals surface area contributed by atoms with Crippen LogP contribution in [-0.4, -0.2) is 6.61 Å². The summed E-state index contributed by atoms with van der Waals surface area (Å²) in [7, 11) is 0. The predicted molar refractivity (Wildman–Crippen MR) is 71.7 cm³/mol. The Morgan fingerprint density at radius 1 is 1.21 bits per heavy atom. The van der Waals surface area contributed by atoms with Crippen molar-refractivity contribution >= 4 is 11.6 Å². The fourth-order valence-electron chi connectivity index (χ4n) is 2.13. The fraction of sp³-hybridized carbons (Fsp3) is 0.133. The number of hydrogen-bond acceptors (Lipinski definition) is 4. The van der Waals surface area contributed by atoms with Gasteiger partial charge in [-0.15, -0.1) is 0 Å². The van der Waals surface area contributed by atoms with E-state index in [2.05, 4.69) is 6.07 Å². The molecule has 94 valence electrons. The molecule has 1 aromatic carbocycles. The number of hydrogen-bond donors (Lipinski definition) is 1. The number of benzene rings is 1. The third-order valence-electron chi connectivity index (χ3n) is 3.07.